The topological polar surface area (TPSA) is 67.2 Å². The second-order valence-corrected chi connectivity index (χ2v) is 7.40. The van der Waals surface area contributed by atoms with E-state index >= 15 is 0 Å². The van der Waals surface area contributed by atoms with Crippen LogP contribution in [0.4, 0.5) is 5.69 Å². The van der Waals surface area contributed by atoms with Gasteiger partial charge in [-0.2, -0.15) is 5.10 Å². The van der Waals surface area contributed by atoms with Gasteiger partial charge in [0, 0.05) is 18.4 Å². The average molecular weight is 388 g/mol. The van der Waals surface area contributed by atoms with Crippen LogP contribution in [0.25, 0.3) is 0 Å². The first-order valence-electron chi connectivity index (χ1n) is 9.77. The van der Waals surface area contributed by atoms with Crippen molar-refractivity contribution in [2.75, 3.05) is 11.9 Å². The lowest BCUT2D eigenvalue weighted by Gasteiger charge is -2.21. The predicted octanol–water partition coefficient (Wildman–Crippen LogP) is 2.95. The number of hydrogen-bond donors (Lipinski definition) is 1. The molecule has 0 radical (unpaired) electrons. The number of carbonyl (C=O) groups is 2. The van der Waals surface area contributed by atoms with Gasteiger partial charge in [0.25, 0.3) is 5.91 Å². The van der Waals surface area contributed by atoms with E-state index in [4.69, 9.17) is 0 Å². The zero-order valence-corrected chi connectivity index (χ0v) is 16.6. The lowest BCUT2D eigenvalue weighted by atomic mass is 10.1. The van der Waals surface area contributed by atoms with Crippen LogP contribution < -0.4 is 10.2 Å². The highest BCUT2D eigenvalue weighted by Gasteiger charge is 2.29. The highest BCUT2D eigenvalue weighted by molar-refractivity contribution is 6.02. The molecule has 1 aliphatic rings. The Morgan fingerprint density at radius 3 is 2.66 bits per heavy atom. The Balaban J connectivity index is 1.48. The standard InChI is InChI=1S/C23H24N4O2/c1-16-14-20(25-27(16)15-17-8-4-3-5-9-17)22(28)24-19-13-12-18-10-6-7-11-21(18)26(2)23(19)29/h3-11,14,19H,12-13,15H2,1-2H3,(H,24,28)/t19-/m0/s1. The summed E-state index contributed by atoms with van der Waals surface area (Å²) in [5.41, 5.74) is 4.36. The molecule has 2 heterocycles. The van der Waals surface area contributed by atoms with Gasteiger partial charge in [-0.05, 0) is 43.0 Å². The van der Waals surface area contributed by atoms with Crippen molar-refractivity contribution in [2.24, 2.45) is 0 Å². The van der Waals surface area contributed by atoms with E-state index < -0.39 is 6.04 Å². The van der Waals surface area contributed by atoms with Crippen molar-refractivity contribution < 1.29 is 9.59 Å². The molecule has 0 aliphatic carbocycles. The van der Waals surface area contributed by atoms with E-state index in [2.05, 4.69) is 10.4 Å². The number of para-hydroxylation sites is 1. The first-order valence-corrected chi connectivity index (χ1v) is 9.77. The maximum Gasteiger partial charge on any atom is 0.272 e. The van der Waals surface area contributed by atoms with Crippen LogP contribution in [0.1, 0.15) is 33.7 Å². The van der Waals surface area contributed by atoms with Gasteiger partial charge in [-0.3, -0.25) is 14.3 Å². The van der Waals surface area contributed by atoms with Crippen LogP contribution in [-0.4, -0.2) is 34.7 Å². The lowest BCUT2D eigenvalue weighted by Crippen LogP contribution is -2.46. The Morgan fingerprint density at radius 1 is 1.14 bits per heavy atom. The Labute approximate surface area is 170 Å². The Hall–Kier alpha value is -3.41. The maximum absolute atomic E-state index is 12.9. The molecular formula is C23H24N4O2. The zero-order valence-electron chi connectivity index (χ0n) is 16.6. The number of aromatic nitrogens is 2. The molecule has 0 saturated carbocycles. The van der Waals surface area contributed by atoms with E-state index in [1.807, 2.05) is 61.5 Å². The van der Waals surface area contributed by atoms with E-state index in [-0.39, 0.29) is 11.8 Å². The zero-order chi connectivity index (χ0) is 20.4. The predicted molar refractivity (Wildman–Crippen MR) is 112 cm³/mol. The normalized spacial score (nSPS) is 16.3. The number of hydrogen-bond acceptors (Lipinski definition) is 3. The molecule has 6 nitrogen and oxygen atoms in total. The molecule has 3 aromatic rings. The molecule has 0 fully saturated rings. The van der Waals surface area contributed by atoms with Crippen LogP contribution in [0.2, 0.25) is 0 Å². The minimum absolute atomic E-state index is 0.108. The van der Waals surface area contributed by atoms with E-state index in [1.54, 1.807) is 22.7 Å². The van der Waals surface area contributed by atoms with Gasteiger partial charge in [0.2, 0.25) is 5.91 Å². The van der Waals surface area contributed by atoms with Gasteiger partial charge < -0.3 is 10.2 Å². The van der Waals surface area contributed by atoms with Gasteiger partial charge in [0.05, 0.1) is 6.54 Å². The number of amides is 2. The average Bonchev–Trinajstić information content (AvgIpc) is 3.06. The van der Waals surface area contributed by atoms with Crippen molar-refractivity contribution in [1.29, 1.82) is 0 Å². The highest BCUT2D eigenvalue weighted by atomic mass is 16.2. The summed E-state index contributed by atoms with van der Waals surface area (Å²) < 4.78 is 1.81. The number of aryl methyl sites for hydroxylation is 2. The molecule has 0 saturated heterocycles. The number of nitrogens with zero attached hydrogens (tertiary/aromatic N) is 3. The molecule has 2 aromatic carbocycles. The van der Waals surface area contributed by atoms with Crippen molar-refractivity contribution in [3.8, 4) is 0 Å². The SMILES string of the molecule is Cc1cc(C(=O)N[C@H]2CCc3ccccc3N(C)C2=O)nn1Cc1ccccc1. The molecule has 6 heteroatoms. The van der Waals surface area contributed by atoms with Crippen LogP contribution in [0, 0.1) is 6.92 Å². The fraction of sp³-hybridized carbons (Fsp3) is 0.261. The van der Waals surface area contributed by atoms with E-state index in [0.717, 1.165) is 28.9 Å². The molecule has 1 aliphatic heterocycles. The minimum Gasteiger partial charge on any atom is -0.339 e. The van der Waals surface area contributed by atoms with Crippen molar-refractivity contribution in [3.63, 3.8) is 0 Å². The molecule has 0 unspecified atom stereocenters. The molecule has 0 bridgehead atoms. The summed E-state index contributed by atoms with van der Waals surface area (Å²) in [7, 11) is 1.75. The number of anilines is 1. The van der Waals surface area contributed by atoms with Crippen LogP contribution in [0.3, 0.4) is 0 Å². The maximum atomic E-state index is 12.9. The van der Waals surface area contributed by atoms with Gasteiger partial charge in [-0.1, -0.05) is 48.5 Å². The second kappa shape index (κ2) is 7.91. The molecule has 148 valence electrons. The van der Waals surface area contributed by atoms with Gasteiger partial charge in [-0.25, -0.2) is 0 Å². The quantitative estimate of drug-likeness (QED) is 0.747. The Morgan fingerprint density at radius 2 is 1.86 bits per heavy atom. The number of nitrogens with one attached hydrogen (secondary N) is 1. The van der Waals surface area contributed by atoms with E-state index in [9.17, 15) is 9.59 Å². The van der Waals surface area contributed by atoms with E-state index in [0.29, 0.717) is 18.7 Å². The third-order valence-corrected chi connectivity index (χ3v) is 5.38. The summed E-state index contributed by atoms with van der Waals surface area (Å²) in [6.45, 7) is 2.52. The number of likely N-dealkylation sites (N-methyl/N-ethyl adjacent to an activating group) is 1. The van der Waals surface area contributed by atoms with E-state index in [1.165, 1.54) is 0 Å². The third kappa shape index (κ3) is 3.92. The molecular weight excluding hydrogens is 364 g/mol. The number of rotatable bonds is 4. The molecule has 2 amide bonds. The summed E-state index contributed by atoms with van der Waals surface area (Å²) in [6, 6.07) is 19.0. The number of fused-ring (bicyclic) bond motifs is 1. The van der Waals surface area contributed by atoms with Crippen molar-refractivity contribution in [3.05, 3.63) is 83.2 Å². The number of carbonyl (C=O) groups excluding carboxylic acids is 2. The summed E-state index contributed by atoms with van der Waals surface area (Å²) in [6.07, 6.45) is 1.30. The summed E-state index contributed by atoms with van der Waals surface area (Å²) >= 11 is 0. The monoisotopic (exact) mass is 388 g/mol. The first-order chi connectivity index (χ1) is 14.0. The molecule has 1 atom stereocenters. The van der Waals surface area contributed by atoms with Crippen LogP contribution in [0.5, 0.6) is 0 Å². The van der Waals surface area contributed by atoms with Gasteiger partial charge in [0.15, 0.2) is 0 Å². The van der Waals surface area contributed by atoms with Gasteiger partial charge in [0.1, 0.15) is 11.7 Å². The summed E-state index contributed by atoms with van der Waals surface area (Å²) in [4.78, 5) is 27.3. The van der Waals surface area contributed by atoms with Crippen LogP contribution in [-0.2, 0) is 17.8 Å². The smallest absolute Gasteiger partial charge is 0.272 e. The van der Waals surface area contributed by atoms with Crippen LogP contribution in [0.15, 0.2) is 60.7 Å². The highest BCUT2D eigenvalue weighted by Crippen LogP contribution is 2.25. The van der Waals surface area contributed by atoms with Crippen molar-refractivity contribution in [1.82, 2.24) is 15.1 Å². The largest absolute Gasteiger partial charge is 0.339 e. The Bertz CT molecular complexity index is 1040. The third-order valence-electron chi connectivity index (χ3n) is 5.38. The second-order valence-electron chi connectivity index (χ2n) is 7.40. The minimum atomic E-state index is -0.570. The molecule has 29 heavy (non-hydrogen) atoms. The fourth-order valence-corrected chi connectivity index (χ4v) is 3.73. The first kappa shape index (κ1) is 18.9. The molecule has 4 rings (SSSR count). The van der Waals surface area contributed by atoms with Gasteiger partial charge >= 0.3 is 0 Å². The summed E-state index contributed by atoms with van der Waals surface area (Å²) in [5, 5.41) is 7.35. The lowest BCUT2D eigenvalue weighted by molar-refractivity contribution is -0.120. The number of benzene rings is 2. The molecule has 1 aromatic heterocycles. The van der Waals surface area contributed by atoms with Crippen molar-refractivity contribution >= 4 is 17.5 Å². The van der Waals surface area contributed by atoms with Crippen LogP contribution >= 0.6 is 0 Å². The van der Waals surface area contributed by atoms with Gasteiger partial charge in [-0.15, -0.1) is 0 Å². The summed E-state index contributed by atoms with van der Waals surface area (Å²) in [5.74, 6) is -0.429. The molecule has 1 N–H and O–H groups in total. The Kier molecular flexibility index (Phi) is 5.16. The molecule has 0 spiro atoms. The fourth-order valence-electron chi connectivity index (χ4n) is 3.73. The van der Waals surface area contributed by atoms with Crippen molar-refractivity contribution in [2.45, 2.75) is 32.4 Å².